The highest BCUT2D eigenvalue weighted by Crippen LogP contribution is 2.28. The Morgan fingerprint density at radius 1 is 0.933 bits per heavy atom. The second kappa shape index (κ2) is 9.11. The minimum Gasteiger partial charge on any atom is -0.383 e. The summed E-state index contributed by atoms with van der Waals surface area (Å²) in [5, 5.41) is 14.2. The van der Waals surface area contributed by atoms with Crippen LogP contribution in [0.3, 0.4) is 0 Å². The van der Waals surface area contributed by atoms with Gasteiger partial charge in [-0.15, -0.1) is 5.10 Å². The molecular formula is C23H21N5O2. The highest BCUT2D eigenvalue weighted by molar-refractivity contribution is 5.96. The second-order valence-corrected chi connectivity index (χ2v) is 6.72. The number of tetrazole rings is 1. The molecule has 4 aromatic rings. The second-order valence-electron chi connectivity index (χ2n) is 6.72. The van der Waals surface area contributed by atoms with Crippen molar-refractivity contribution in [2.45, 2.75) is 0 Å². The third-order valence-electron chi connectivity index (χ3n) is 4.69. The first-order valence-corrected chi connectivity index (χ1v) is 9.56. The predicted octanol–water partition coefficient (Wildman–Crippen LogP) is 3.37. The average Bonchev–Trinajstić information content (AvgIpc) is 3.35. The minimum absolute atomic E-state index is 0.178. The lowest BCUT2D eigenvalue weighted by Gasteiger charge is -2.11. The molecule has 0 saturated carbocycles. The summed E-state index contributed by atoms with van der Waals surface area (Å²) in [5.74, 6) is -0.178. The van der Waals surface area contributed by atoms with Gasteiger partial charge in [0.1, 0.15) is 6.33 Å². The van der Waals surface area contributed by atoms with Gasteiger partial charge in [-0.25, -0.2) is 4.68 Å². The van der Waals surface area contributed by atoms with Crippen molar-refractivity contribution < 1.29 is 9.53 Å². The van der Waals surface area contributed by atoms with Crippen molar-refractivity contribution in [3.8, 4) is 27.9 Å². The number of rotatable bonds is 7. The van der Waals surface area contributed by atoms with E-state index in [9.17, 15) is 4.79 Å². The van der Waals surface area contributed by atoms with Crippen molar-refractivity contribution >= 4 is 5.91 Å². The molecule has 0 radical (unpaired) electrons. The molecule has 0 aliphatic rings. The van der Waals surface area contributed by atoms with E-state index in [0.29, 0.717) is 24.4 Å². The number of nitrogens with zero attached hydrogens (tertiary/aromatic N) is 4. The lowest BCUT2D eigenvalue weighted by Crippen LogP contribution is -2.27. The quantitative estimate of drug-likeness (QED) is 0.482. The summed E-state index contributed by atoms with van der Waals surface area (Å²) in [5.41, 5.74) is 5.37. The summed E-state index contributed by atoms with van der Waals surface area (Å²) in [6, 6.07) is 24.0. The summed E-state index contributed by atoms with van der Waals surface area (Å²) in [6.45, 7) is 0.883. The zero-order chi connectivity index (χ0) is 20.8. The topological polar surface area (TPSA) is 81.9 Å². The first-order chi connectivity index (χ1) is 14.7. The van der Waals surface area contributed by atoms with E-state index < -0.39 is 0 Å². The molecule has 1 heterocycles. The van der Waals surface area contributed by atoms with Crippen LogP contribution in [0.1, 0.15) is 10.4 Å². The highest BCUT2D eigenvalue weighted by Gasteiger charge is 2.12. The molecule has 7 heteroatoms. The Balaban J connectivity index is 1.75. The number of carbonyl (C=O) groups excluding carboxylic acids is 1. The number of methoxy groups -OCH3 is 1. The maximum Gasteiger partial charge on any atom is 0.251 e. The molecule has 4 rings (SSSR count). The third-order valence-corrected chi connectivity index (χ3v) is 4.69. The standard InChI is InChI=1S/C23H21N5O2/c1-30-11-10-24-23(29)21-13-20(14-22(15-21)28-16-25-26-27-28)19-9-5-8-18(12-19)17-6-3-2-4-7-17/h2-9,12-16H,10-11H2,1H3,(H,24,29). The van der Waals surface area contributed by atoms with Crippen LogP contribution >= 0.6 is 0 Å². The van der Waals surface area contributed by atoms with Crippen molar-refractivity contribution in [1.82, 2.24) is 25.5 Å². The Hall–Kier alpha value is -3.84. The Morgan fingerprint density at radius 2 is 1.70 bits per heavy atom. The van der Waals surface area contributed by atoms with Crippen LogP contribution in [0.15, 0.2) is 79.1 Å². The maximum absolute atomic E-state index is 12.7. The van der Waals surface area contributed by atoms with E-state index in [4.69, 9.17) is 4.74 Å². The molecule has 0 saturated heterocycles. The molecule has 1 N–H and O–H groups in total. The Kier molecular flexibility index (Phi) is 5.91. The molecule has 0 fully saturated rings. The molecule has 7 nitrogen and oxygen atoms in total. The lowest BCUT2D eigenvalue weighted by atomic mass is 9.97. The number of ether oxygens (including phenoxy) is 1. The smallest absolute Gasteiger partial charge is 0.251 e. The van der Waals surface area contributed by atoms with Crippen LogP contribution < -0.4 is 5.32 Å². The van der Waals surface area contributed by atoms with E-state index in [0.717, 1.165) is 22.3 Å². The van der Waals surface area contributed by atoms with Gasteiger partial charge in [-0.05, 0) is 56.9 Å². The van der Waals surface area contributed by atoms with Crippen molar-refractivity contribution in [3.63, 3.8) is 0 Å². The summed E-state index contributed by atoms with van der Waals surface area (Å²) < 4.78 is 6.55. The van der Waals surface area contributed by atoms with Gasteiger partial charge in [0.2, 0.25) is 0 Å². The van der Waals surface area contributed by atoms with Crippen molar-refractivity contribution in [3.05, 3.63) is 84.7 Å². The number of benzene rings is 3. The van der Waals surface area contributed by atoms with Gasteiger partial charge in [0.25, 0.3) is 5.91 Å². The Bertz CT molecular complexity index is 1130. The molecule has 150 valence electrons. The normalized spacial score (nSPS) is 10.7. The van der Waals surface area contributed by atoms with Gasteiger partial charge in [0.05, 0.1) is 12.3 Å². The lowest BCUT2D eigenvalue weighted by molar-refractivity contribution is 0.0937. The third kappa shape index (κ3) is 4.42. The van der Waals surface area contributed by atoms with E-state index >= 15 is 0 Å². The molecule has 0 atom stereocenters. The zero-order valence-electron chi connectivity index (χ0n) is 16.5. The van der Waals surface area contributed by atoms with E-state index in [1.165, 1.54) is 11.0 Å². The number of hydrogen-bond acceptors (Lipinski definition) is 5. The van der Waals surface area contributed by atoms with Gasteiger partial charge in [0, 0.05) is 19.2 Å². The molecule has 1 aromatic heterocycles. The highest BCUT2D eigenvalue weighted by atomic mass is 16.5. The van der Waals surface area contributed by atoms with Gasteiger partial charge in [-0.2, -0.15) is 0 Å². The van der Waals surface area contributed by atoms with E-state index in [-0.39, 0.29) is 5.91 Å². The molecular weight excluding hydrogens is 378 g/mol. The van der Waals surface area contributed by atoms with Crippen molar-refractivity contribution in [2.24, 2.45) is 0 Å². The fraction of sp³-hybridized carbons (Fsp3) is 0.130. The fourth-order valence-electron chi connectivity index (χ4n) is 3.20. The molecule has 30 heavy (non-hydrogen) atoms. The van der Waals surface area contributed by atoms with Crippen LogP contribution in [-0.2, 0) is 4.74 Å². The Morgan fingerprint density at radius 3 is 2.43 bits per heavy atom. The number of aromatic nitrogens is 4. The van der Waals surface area contributed by atoms with Crippen LogP contribution in [-0.4, -0.2) is 46.4 Å². The van der Waals surface area contributed by atoms with Crippen molar-refractivity contribution in [2.75, 3.05) is 20.3 Å². The van der Waals surface area contributed by atoms with E-state index in [1.54, 1.807) is 13.2 Å². The van der Waals surface area contributed by atoms with Crippen LogP contribution in [0.4, 0.5) is 0 Å². The summed E-state index contributed by atoms with van der Waals surface area (Å²) in [4.78, 5) is 12.7. The summed E-state index contributed by atoms with van der Waals surface area (Å²) in [6.07, 6.45) is 1.51. The molecule has 0 spiro atoms. The zero-order valence-corrected chi connectivity index (χ0v) is 16.5. The molecule has 1 amide bonds. The van der Waals surface area contributed by atoms with Crippen molar-refractivity contribution in [1.29, 1.82) is 0 Å². The Labute approximate surface area is 174 Å². The van der Waals surface area contributed by atoms with Gasteiger partial charge >= 0.3 is 0 Å². The van der Waals surface area contributed by atoms with Gasteiger partial charge in [0.15, 0.2) is 0 Å². The molecule has 0 aliphatic carbocycles. The molecule has 0 unspecified atom stereocenters. The SMILES string of the molecule is COCCNC(=O)c1cc(-c2cccc(-c3ccccc3)c2)cc(-n2cnnn2)c1. The number of amides is 1. The number of hydrogen-bond donors (Lipinski definition) is 1. The van der Waals surface area contributed by atoms with E-state index in [2.05, 4.69) is 45.1 Å². The van der Waals surface area contributed by atoms with Crippen LogP contribution in [0, 0.1) is 0 Å². The molecule has 0 aliphatic heterocycles. The van der Waals surface area contributed by atoms with Crippen LogP contribution in [0.25, 0.3) is 27.9 Å². The summed E-state index contributed by atoms with van der Waals surface area (Å²) >= 11 is 0. The first-order valence-electron chi connectivity index (χ1n) is 9.56. The monoisotopic (exact) mass is 399 g/mol. The fourth-order valence-corrected chi connectivity index (χ4v) is 3.20. The van der Waals surface area contributed by atoms with Crippen LogP contribution in [0.5, 0.6) is 0 Å². The number of nitrogens with one attached hydrogen (secondary N) is 1. The van der Waals surface area contributed by atoms with Crippen LogP contribution in [0.2, 0.25) is 0 Å². The predicted molar refractivity (Wildman–Crippen MR) is 114 cm³/mol. The number of carbonyl (C=O) groups is 1. The summed E-state index contributed by atoms with van der Waals surface area (Å²) in [7, 11) is 1.60. The largest absolute Gasteiger partial charge is 0.383 e. The van der Waals surface area contributed by atoms with Gasteiger partial charge < -0.3 is 10.1 Å². The first kappa shape index (κ1) is 19.5. The van der Waals surface area contributed by atoms with E-state index in [1.807, 2.05) is 42.5 Å². The molecule has 3 aromatic carbocycles. The maximum atomic E-state index is 12.7. The minimum atomic E-state index is -0.178. The average molecular weight is 399 g/mol. The van der Waals surface area contributed by atoms with Gasteiger partial charge in [-0.1, -0.05) is 48.5 Å². The molecule has 0 bridgehead atoms. The van der Waals surface area contributed by atoms with Gasteiger partial charge in [-0.3, -0.25) is 4.79 Å².